The molecule has 0 fully saturated rings. The third-order valence-corrected chi connectivity index (χ3v) is 4.85. The van der Waals surface area contributed by atoms with E-state index in [1.807, 2.05) is 0 Å². The zero-order valence-corrected chi connectivity index (χ0v) is 16.2. The molecule has 0 aliphatic rings. The molecule has 2 aromatic carbocycles. The SMILES string of the molecule is Cc1cccnc1[C@@H](NC(=O)c1ccc2[nH]c(=O)oc2c1)c1ccc(C(F)(F)F)cc1. The van der Waals surface area contributed by atoms with Gasteiger partial charge in [-0.1, -0.05) is 18.2 Å². The summed E-state index contributed by atoms with van der Waals surface area (Å²) in [5.41, 5.74) is 1.81. The van der Waals surface area contributed by atoms with Crippen LogP contribution < -0.4 is 11.1 Å². The molecule has 4 rings (SSSR count). The maximum Gasteiger partial charge on any atom is 0.417 e. The Morgan fingerprint density at radius 1 is 1.13 bits per heavy atom. The van der Waals surface area contributed by atoms with E-state index in [4.69, 9.17) is 4.42 Å². The molecule has 2 N–H and O–H groups in total. The molecule has 2 heterocycles. The van der Waals surface area contributed by atoms with E-state index in [0.717, 1.165) is 17.7 Å². The number of hydrogen-bond acceptors (Lipinski definition) is 4. The average molecular weight is 427 g/mol. The van der Waals surface area contributed by atoms with Crippen LogP contribution in [0.15, 0.2) is 70.0 Å². The number of rotatable bonds is 4. The predicted molar refractivity (Wildman–Crippen MR) is 107 cm³/mol. The van der Waals surface area contributed by atoms with Gasteiger partial charge in [0.05, 0.1) is 22.8 Å². The van der Waals surface area contributed by atoms with Crippen LogP contribution in [0.3, 0.4) is 0 Å². The monoisotopic (exact) mass is 427 g/mol. The smallest absolute Gasteiger partial charge is 0.408 e. The zero-order chi connectivity index (χ0) is 22.2. The number of amides is 1. The second-order valence-electron chi connectivity index (χ2n) is 6.96. The number of nitrogens with one attached hydrogen (secondary N) is 2. The topological polar surface area (TPSA) is 88.0 Å². The number of fused-ring (bicyclic) bond motifs is 1. The van der Waals surface area contributed by atoms with Crippen molar-refractivity contribution in [2.75, 3.05) is 0 Å². The van der Waals surface area contributed by atoms with Gasteiger partial charge in [0.15, 0.2) is 5.58 Å². The van der Waals surface area contributed by atoms with Gasteiger partial charge in [-0.15, -0.1) is 0 Å². The molecule has 0 aliphatic carbocycles. The van der Waals surface area contributed by atoms with E-state index in [1.54, 1.807) is 25.3 Å². The molecular formula is C22H16F3N3O3. The molecule has 1 atom stereocenters. The third-order valence-electron chi connectivity index (χ3n) is 4.85. The number of alkyl halides is 3. The van der Waals surface area contributed by atoms with Crippen molar-refractivity contribution in [3.63, 3.8) is 0 Å². The van der Waals surface area contributed by atoms with Crippen LogP contribution in [0, 0.1) is 6.92 Å². The number of carbonyl (C=O) groups is 1. The van der Waals surface area contributed by atoms with Crippen LogP contribution in [0.25, 0.3) is 11.1 Å². The summed E-state index contributed by atoms with van der Waals surface area (Å²) in [5, 5.41) is 2.82. The molecule has 158 valence electrons. The molecule has 0 radical (unpaired) electrons. The number of aryl methyl sites for hydroxylation is 1. The standard InChI is InChI=1S/C22H16F3N3O3/c1-12-3-2-10-26-18(12)19(13-4-7-15(8-5-13)22(23,24)25)28-20(29)14-6-9-16-17(11-14)31-21(30)27-16/h2-11,19H,1H3,(H,27,30)(H,28,29)/t19-/m0/s1. The molecule has 0 bridgehead atoms. The van der Waals surface area contributed by atoms with Crippen LogP contribution in [-0.2, 0) is 6.18 Å². The van der Waals surface area contributed by atoms with Gasteiger partial charge in [-0.05, 0) is 54.4 Å². The van der Waals surface area contributed by atoms with E-state index in [1.165, 1.54) is 30.3 Å². The highest BCUT2D eigenvalue weighted by Crippen LogP contribution is 2.31. The zero-order valence-electron chi connectivity index (χ0n) is 16.2. The summed E-state index contributed by atoms with van der Waals surface area (Å²) in [5.74, 6) is -1.14. The van der Waals surface area contributed by atoms with E-state index in [9.17, 15) is 22.8 Å². The molecule has 0 unspecified atom stereocenters. The number of carbonyl (C=O) groups excluding carboxylic acids is 1. The normalized spacial score (nSPS) is 12.6. The second kappa shape index (κ2) is 7.75. The summed E-state index contributed by atoms with van der Waals surface area (Å²) in [7, 11) is 0. The number of oxazole rings is 1. The first-order valence-corrected chi connectivity index (χ1v) is 9.25. The Labute approximate surface area is 173 Å². The Morgan fingerprint density at radius 2 is 1.87 bits per heavy atom. The van der Waals surface area contributed by atoms with E-state index in [-0.39, 0.29) is 11.1 Å². The number of aromatic amines is 1. The van der Waals surface area contributed by atoms with Crippen LogP contribution >= 0.6 is 0 Å². The molecule has 1 amide bonds. The second-order valence-corrected chi connectivity index (χ2v) is 6.96. The first-order valence-electron chi connectivity index (χ1n) is 9.25. The Kier molecular flexibility index (Phi) is 5.10. The Bertz CT molecular complexity index is 1310. The van der Waals surface area contributed by atoms with Crippen molar-refractivity contribution >= 4 is 17.0 Å². The van der Waals surface area contributed by atoms with Gasteiger partial charge in [-0.25, -0.2) is 4.79 Å². The van der Waals surface area contributed by atoms with Crippen LogP contribution in [0.4, 0.5) is 13.2 Å². The molecule has 2 aromatic heterocycles. The predicted octanol–water partition coefficient (Wildman–Crippen LogP) is 4.36. The van der Waals surface area contributed by atoms with Crippen molar-refractivity contribution in [1.82, 2.24) is 15.3 Å². The van der Waals surface area contributed by atoms with Gasteiger partial charge >= 0.3 is 11.9 Å². The van der Waals surface area contributed by atoms with Crippen molar-refractivity contribution in [3.8, 4) is 0 Å². The highest BCUT2D eigenvalue weighted by atomic mass is 19.4. The van der Waals surface area contributed by atoms with E-state index in [2.05, 4.69) is 15.3 Å². The minimum absolute atomic E-state index is 0.220. The van der Waals surface area contributed by atoms with Crippen molar-refractivity contribution < 1.29 is 22.4 Å². The summed E-state index contributed by atoms with van der Waals surface area (Å²) in [6.45, 7) is 1.80. The Hall–Kier alpha value is -3.88. The molecule has 31 heavy (non-hydrogen) atoms. The molecular weight excluding hydrogens is 411 g/mol. The minimum Gasteiger partial charge on any atom is -0.408 e. The van der Waals surface area contributed by atoms with Crippen molar-refractivity contribution in [2.24, 2.45) is 0 Å². The lowest BCUT2D eigenvalue weighted by molar-refractivity contribution is -0.137. The van der Waals surface area contributed by atoms with Gasteiger partial charge in [-0.2, -0.15) is 13.2 Å². The lowest BCUT2D eigenvalue weighted by Gasteiger charge is -2.21. The lowest BCUT2D eigenvalue weighted by Crippen LogP contribution is -2.30. The number of aromatic nitrogens is 2. The lowest BCUT2D eigenvalue weighted by atomic mass is 9.98. The third kappa shape index (κ3) is 4.20. The molecule has 0 spiro atoms. The highest BCUT2D eigenvalue weighted by Gasteiger charge is 2.31. The minimum atomic E-state index is -4.46. The molecule has 0 saturated heterocycles. The molecule has 4 aromatic rings. The number of halogens is 3. The largest absolute Gasteiger partial charge is 0.417 e. The van der Waals surface area contributed by atoms with Crippen molar-refractivity contribution in [3.05, 3.63) is 99.3 Å². The molecule has 0 saturated carbocycles. The number of pyridine rings is 1. The molecule has 0 aliphatic heterocycles. The van der Waals surface area contributed by atoms with E-state index in [0.29, 0.717) is 16.8 Å². The van der Waals surface area contributed by atoms with E-state index < -0.39 is 29.4 Å². The molecule has 9 heteroatoms. The fourth-order valence-electron chi connectivity index (χ4n) is 3.28. The number of benzene rings is 2. The summed E-state index contributed by atoms with van der Waals surface area (Å²) in [6.07, 6.45) is -2.92. The number of hydrogen-bond donors (Lipinski definition) is 2. The van der Waals surface area contributed by atoms with Gasteiger partial charge in [0.25, 0.3) is 5.91 Å². The number of H-pyrrole nitrogens is 1. The van der Waals surface area contributed by atoms with Gasteiger partial charge in [0.1, 0.15) is 0 Å². The van der Waals surface area contributed by atoms with Crippen LogP contribution in [-0.4, -0.2) is 15.9 Å². The molecule has 6 nitrogen and oxygen atoms in total. The summed E-state index contributed by atoms with van der Waals surface area (Å²) in [6, 6.07) is 11.8. The summed E-state index contributed by atoms with van der Waals surface area (Å²) in [4.78, 5) is 31.1. The van der Waals surface area contributed by atoms with Gasteiger partial charge in [-0.3, -0.25) is 14.8 Å². The van der Waals surface area contributed by atoms with Gasteiger partial charge in [0, 0.05) is 11.8 Å². The highest BCUT2D eigenvalue weighted by molar-refractivity contribution is 5.97. The fourth-order valence-corrected chi connectivity index (χ4v) is 3.28. The summed E-state index contributed by atoms with van der Waals surface area (Å²) < 4.78 is 43.8. The fraction of sp³-hybridized carbons (Fsp3) is 0.136. The Morgan fingerprint density at radius 3 is 2.55 bits per heavy atom. The average Bonchev–Trinajstić information content (AvgIpc) is 3.11. The van der Waals surface area contributed by atoms with E-state index >= 15 is 0 Å². The van der Waals surface area contributed by atoms with Gasteiger partial charge < -0.3 is 9.73 Å². The van der Waals surface area contributed by atoms with Crippen molar-refractivity contribution in [1.29, 1.82) is 0 Å². The number of nitrogens with zero attached hydrogens (tertiary/aromatic N) is 1. The summed E-state index contributed by atoms with van der Waals surface area (Å²) >= 11 is 0. The maximum absolute atomic E-state index is 13.0. The van der Waals surface area contributed by atoms with Crippen LogP contribution in [0.1, 0.15) is 38.8 Å². The Balaban J connectivity index is 1.71. The first-order chi connectivity index (χ1) is 14.7. The van der Waals surface area contributed by atoms with Crippen molar-refractivity contribution in [2.45, 2.75) is 19.1 Å². The maximum atomic E-state index is 13.0. The van der Waals surface area contributed by atoms with Gasteiger partial charge in [0.2, 0.25) is 0 Å². The first kappa shape index (κ1) is 20.4. The van der Waals surface area contributed by atoms with Crippen LogP contribution in [0.5, 0.6) is 0 Å². The quantitative estimate of drug-likeness (QED) is 0.507. The van der Waals surface area contributed by atoms with Crippen LogP contribution in [0.2, 0.25) is 0 Å².